The van der Waals surface area contributed by atoms with E-state index in [4.69, 9.17) is 0 Å². The van der Waals surface area contributed by atoms with Crippen molar-refractivity contribution in [1.29, 1.82) is 0 Å². The number of piperazine rings is 1. The fraction of sp³-hybridized carbons (Fsp3) is 0.615. The van der Waals surface area contributed by atoms with Gasteiger partial charge in [-0.1, -0.05) is 6.92 Å². The highest BCUT2D eigenvalue weighted by molar-refractivity contribution is 7.88. The maximum Gasteiger partial charge on any atom is 0.211 e. The van der Waals surface area contributed by atoms with E-state index in [9.17, 15) is 8.42 Å². The van der Waals surface area contributed by atoms with Crippen LogP contribution in [0.2, 0.25) is 0 Å². The Kier molecular flexibility index (Phi) is 4.10. The van der Waals surface area contributed by atoms with E-state index < -0.39 is 10.0 Å². The molecule has 2 heterocycles. The maximum absolute atomic E-state index is 11.5. The number of nitrogens with zero attached hydrogens (tertiary/aromatic N) is 3. The molecule has 0 aliphatic carbocycles. The van der Waals surface area contributed by atoms with Gasteiger partial charge in [0.1, 0.15) is 5.82 Å². The van der Waals surface area contributed by atoms with Crippen LogP contribution in [0.25, 0.3) is 0 Å². The Hall–Kier alpha value is -1.14. The molecule has 5 nitrogen and oxygen atoms in total. The molecule has 0 saturated carbocycles. The lowest BCUT2D eigenvalue weighted by molar-refractivity contribution is 0.386. The van der Waals surface area contributed by atoms with Crippen molar-refractivity contribution in [1.82, 2.24) is 9.29 Å². The van der Waals surface area contributed by atoms with Gasteiger partial charge in [-0.3, -0.25) is 0 Å². The van der Waals surface area contributed by atoms with Crippen LogP contribution in [0.15, 0.2) is 12.3 Å². The Morgan fingerprint density at radius 2 is 1.89 bits per heavy atom. The van der Waals surface area contributed by atoms with Gasteiger partial charge in [0.15, 0.2) is 0 Å². The first-order chi connectivity index (χ1) is 8.93. The molecule has 0 aromatic carbocycles. The highest BCUT2D eigenvalue weighted by atomic mass is 32.2. The van der Waals surface area contributed by atoms with E-state index in [1.165, 1.54) is 21.7 Å². The van der Waals surface area contributed by atoms with E-state index in [1.54, 1.807) is 0 Å². The minimum absolute atomic E-state index is 0.539. The van der Waals surface area contributed by atoms with Crippen molar-refractivity contribution in [3.63, 3.8) is 0 Å². The van der Waals surface area contributed by atoms with Crippen molar-refractivity contribution in [2.45, 2.75) is 20.3 Å². The van der Waals surface area contributed by atoms with Crippen LogP contribution in [0.1, 0.15) is 18.1 Å². The zero-order valence-corrected chi connectivity index (χ0v) is 12.6. The molecule has 1 aliphatic rings. The summed E-state index contributed by atoms with van der Waals surface area (Å²) in [6, 6.07) is 2.02. The zero-order chi connectivity index (χ0) is 14.0. The van der Waals surface area contributed by atoms with Crippen molar-refractivity contribution < 1.29 is 8.42 Å². The van der Waals surface area contributed by atoms with Crippen LogP contribution in [0, 0.1) is 6.92 Å². The largest absolute Gasteiger partial charge is 0.354 e. The number of aryl methyl sites for hydroxylation is 1. The lowest BCUT2D eigenvalue weighted by Gasteiger charge is -2.35. The third-order valence-corrected chi connectivity index (χ3v) is 4.93. The second-order valence-electron chi connectivity index (χ2n) is 4.93. The minimum Gasteiger partial charge on any atom is -0.354 e. The number of sulfonamides is 1. The fourth-order valence-electron chi connectivity index (χ4n) is 2.52. The molecule has 0 unspecified atom stereocenters. The van der Waals surface area contributed by atoms with Crippen molar-refractivity contribution in [2.75, 3.05) is 37.3 Å². The summed E-state index contributed by atoms with van der Waals surface area (Å²) in [4.78, 5) is 6.67. The molecule has 1 fully saturated rings. The van der Waals surface area contributed by atoms with Crippen LogP contribution in [-0.4, -0.2) is 50.1 Å². The van der Waals surface area contributed by atoms with E-state index in [1.807, 2.05) is 12.3 Å². The molecule has 6 heteroatoms. The number of pyridine rings is 1. The van der Waals surface area contributed by atoms with Crippen LogP contribution in [-0.2, 0) is 16.4 Å². The first-order valence-corrected chi connectivity index (χ1v) is 8.43. The third-order valence-electron chi connectivity index (χ3n) is 3.63. The first kappa shape index (κ1) is 14.3. The van der Waals surface area contributed by atoms with E-state index in [0.717, 1.165) is 12.2 Å². The fourth-order valence-corrected chi connectivity index (χ4v) is 3.34. The molecule has 0 radical (unpaired) electrons. The highest BCUT2D eigenvalue weighted by Crippen LogP contribution is 2.23. The van der Waals surface area contributed by atoms with E-state index in [-0.39, 0.29) is 0 Å². The van der Waals surface area contributed by atoms with Gasteiger partial charge in [-0.25, -0.2) is 13.4 Å². The number of hydrogen-bond donors (Lipinski definition) is 0. The van der Waals surface area contributed by atoms with Crippen LogP contribution < -0.4 is 4.90 Å². The molecule has 106 valence electrons. The summed E-state index contributed by atoms with van der Waals surface area (Å²) in [5.74, 6) is 1.01. The van der Waals surface area contributed by atoms with Gasteiger partial charge in [-0.05, 0) is 30.5 Å². The molecule has 0 bridgehead atoms. The van der Waals surface area contributed by atoms with Crippen LogP contribution in [0.3, 0.4) is 0 Å². The number of rotatable bonds is 3. The van der Waals surface area contributed by atoms with Crippen molar-refractivity contribution in [3.8, 4) is 0 Å². The monoisotopic (exact) mass is 283 g/mol. The van der Waals surface area contributed by atoms with Crippen molar-refractivity contribution >= 4 is 15.8 Å². The summed E-state index contributed by atoms with van der Waals surface area (Å²) in [7, 11) is -3.07. The predicted octanol–water partition coefficient (Wildman–Crippen LogP) is 1.03. The van der Waals surface area contributed by atoms with E-state index >= 15 is 0 Å². The van der Waals surface area contributed by atoms with Gasteiger partial charge in [0.25, 0.3) is 0 Å². The molecule has 1 saturated heterocycles. The molecule has 0 atom stereocenters. The lowest BCUT2D eigenvalue weighted by Crippen LogP contribution is -2.48. The normalized spacial score (nSPS) is 17.7. The SMILES string of the molecule is CCc1c(C)ccnc1N1CCN(S(C)(=O)=O)CC1. The molecule has 0 amide bonds. The topological polar surface area (TPSA) is 53.5 Å². The average molecular weight is 283 g/mol. The van der Waals surface area contributed by atoms with Crippen molar-refractivity contribution in [3.05, 3.63) is 23.4 Å². The van der Waals surface area contributed by atoms with Gasteiger partial charge >= 0.3 is 0 Å². The van der Waals surface area contributed by atoms with Gasteiger partial charge < -0.3 is 4.90 Å². The molecule has 19 heavy (non-hydrogen) atoms. The third kappa shape index (κ3) is 3.06. The molecule has 1 aromatic heterocycles. The summed E-state index contributed by atoms with van der Waals surface area (Å²) < 4.78 is 24.5. The van der Waals surface area contributed by atoms with Gasteiger partial charge in [0, 0.05) is 32.4 Å². The van der Waals surface area contributed by atoms with Gasteiger partial charge in [0.2, 0.25) is 10.0 Å². The summed E-state index contributed by atoms with van der Waals surface area (Å²) in [5, 5.41) is 0. The maximum atomic E-state index is 11.5. The van der Waals surface area contributed by atoms with Crippen LogP contribution in [0.5, 0.6) is 0 Å². The Balaban J connectivity index is 2.16. The quantitative estimate of drug-likeness (QED) is 0.831. The number of anilines is 1. The lowest BCUT2D eigenvalue weighted by atomic mass is 10.1. The van der Waals surface area contributed by atoms with Crippen LogP contribution in [0.4, 0.5) is 5.82 Å². The number of hydrogen-bond acceptors (Lipinski definition) is 4. The molecule has 1 aliphatic heterocycles. The van der Waals surface area contributed by atoms with Gasteiger partial charge in [0.05, 0.1) is 6.26 Å². The smallest absolute Gasteiger partial charge is 0.211 e. The minimum atomic E-state index is -3.07. The Labute approximate surface area is 115 Å². The molecule has 1 aromatic rings. The molecule has 2 rings (SSSR count). The molecule has 0 N–H and O–H groups in total. The standard InChI is InChI=1S/C13H21N3O2S/c1-4-12-11(2)5-6-14-13(12)15-7-9-16(10-8-15)19(3,17)18/h5-6H,4,7-10H2,1-3H3. The van der Waals surface area contributed by atoms with Gasteiger partial charge in [-0.15, -0.1) is 0 Å². The Bertz CT molecular complexity index is 549. The molecular formula is C13H21N3O2S. The van der Waals surface area contributed by atoms with Crippen molar-refractivity contribution in [2.24, 2.45) is 0 Å². The average Bonchev–Trinajstić information content (AvgIpc) is 2.37. The molecule has 0 spiro atoms. The summed E-state index contributed by atoms with van der Waals surface area (Å²) in [5.41, 5.74) is 2.51. The first-order valence-electron chi connectivity index (χ1n) is 6.58. The predicted molar refractivity (Wildman–Crippen MR) is 77.0 cm³/mol. The van der Waals surface area contributed by atoms with Gasteiger partial charge in [-0.2, -0.15) is 4.31 Å². The van der Waals surface area contributed by atoms with Crippen LogP contribution >= 0.6 is 0 Å². The summed E-state index contributed by atoms with van der Waals surface area (Å²) in [6.45, 7) is 6.71. The highest BCUT2D eigenvalue weighted by Gasteiger charge is 2.25. The Morgan fingerprint density at radius 3 is 2.42 bits per heavy atom. The Morgan fingerprint density at radius 1 is 1.26 bits per heavy atom. The molecular weight excluding hydrogens is 262 g/mol. The van der Waals surface area contributed by atoms with E-state index in [0.29, 0.717) is 26.2 Å². The zero-order valence-electron chi connectivity index (χ0n) is 11.8. The summed E-state index contributed by atoms with van der Waals surface area (Å²) in [6.07, 6.45) is 4.04. The second kappa shape index (κ2) is 5.46. The van der Waals surface area contributed by atoms with E-state index in [2.05, 4.69) is 23.7 Å². The number of aromatic nitrogens is 1. The second-order valence-corrected chi connectivity index (χ2v) is 6.92. The summed E-state index contributed by atoms with van der Waals surface area (Å²) >= 11 is 0.